The highest BCUT2D eigenvalue weighted by Crippen LogP contribution is 2.33. The summed E-state index contributed by atoms with van der Waals surface area (Å²) in [6.07, 6.45) is -3.86. The Labute approximate surface area is 169 Å². The zero-order valence-corrected chi connectivity index (χ0v) is 15.9. The summed E-state index contributed by atoms with van der Waals surface area (Å²) in [4.78, 5) is 33.1. The molecule has 1 aromatic heterocycles. The van der Waals surface area contributed by atoms with Crippen molar-refractivity contribution in [1.29, 1.82) is 0 Å². The number of carbonyl (C=O) groups is 1. The van der Waals surface area contributed by atoms with Crippen LogP contribution < -0.4 is 5.56 Å². The summed E-state index contributed by atoms with van der Waals surface area (Å²) >= 11 is 0. The first kappa shape index (κ1) is 20.1. The zero-order chi connectivity index (χ0) is 21.5. The predicted molar refractivity (Wildman–Crippen MR) is 103 cm³/mol. The molecule has 2 atom stereocenters. The van der Waals surface area contributed by atoms with Crippen molar-refractivity contribution in [2.75, 3.05) is 13.2 Å². The van der Waals surface area contributed by atoms with Crippen LogP contribution in [-0.4, -0.2) is 40.0 Å². The summed E-state index contributed by atoms with van der Waals surface area (Å²) in [6, 6.07) is 9.30. The molecule has 6 nitrogen and oxygen atoms in total. The van der Waals surface area contributed by atoms with Gasteiger partial charge in [-0.25, -0.2) is 4.98 Å². The summed E-state index contributed by atoms with van der Waals surface area (Å²) in [5, 5.41) is 0.367. The standard InChI is InChI=1S/C21H18F3N3O3/c1-12-10-30-18(13-3-2-4-15(7-13)21(22,23)24)9-27(12)20(29)14-5-6-16-17(8-14)25-11-26-19(16)28/h2-8,11-12,18H,9-10H2,1H3,(H,25,26,28). The van der Waals surface area contributed by atoms with Crippen LogP contribution in [0.2, 0.25) is 0 Å². The van der Waals surface area contributed by atoms with E-state index in [0.717, 1.165) is 12.1 Å². The molecule has 2 aromatic carbocycles. The van der Waals surface area contributed by atoms with Gasteiger partial charge in [-0.15, -0.1) is 0 Å². The third kappa shape index (κ3) is 3.80. The van der Waals surface area contributed by atoms with Gasteiger partial charge >= 0.3 is 6.18 Å². The average molecular weight is 417 g/mol. The Morgan fingerprint density at radius 2 is 2.03 bits per heavy atom. The van der Waals surface area contributed by atoms with Crippen LogP contribution in [-0.2, 0) is 10.9 Å². The highest BCUT2D eigenvalue weighted by molar-refractivity contribution is 5.97. The van der Waals surface area contributed by atoms with Crippen LogP contribution in [0.3, 0.4) is 0 Å². The van der Waals surface area contributed by atoms with Crippen LogP contribution in [0.5, 0.6) is 0 Å². The molecule has 2 unspecified atom stereocenters. The van der Waals surface area contributed by atoms with Crippen molar-refractivity contribution in [1.82, 2.24) is 14.9 Å². The molecule has 156 valence electrons. The van der Waals surface area contributed by atoms with Gasteiger partial charge in [0.2, 0.25) is 0 Å². The molecule has 2 heterocycles. The van der Waals surface area contributed by atoms with E-state index >= 15 is 0 Å². The van der Waals surface area contributed by atoms with E-state index in [1.165, 1.54) is 24.5 Å². The number of morpholine rings is 1. The summed E-state index contributed by atoms with van der Waals surface area (Å²) < 4.78 is 44.9. The van der Waals surface area contributed by atoms with Gasteiger partial charge in [-0.1, -0.05) is 12.1 Å². The number of ether oxygens (including phenoxy) is 1. The van der Waals surface area contributed by atoms with Crippen LogP contribution in [0.4, 0.5) is 13.2 Å². The number of amides is 1. The van der Waals surface area contributed by atoms with Crippen molar-refractivity contribution in [2.24, 2.45) is 0 Å². The first-order valence-electron chi connectivity index (χ1n) is 9.31. The van der Waals surface area contributed by atoms with E-state index in [-0.39, 0.29) is 30.7 Å². The Morgan fingerprint density at radius 1 is 1.23 bits per heavy atom. The molecule has 0 radical (unpaired) electrons. The second-order valence-corrected chi connectivity index (χ2v) is 7.22. The maximum absolute atomic E-state index is 13.1. The lowest BCUT2D eigenvalue weighted by atomic mass is 10.0. The van der Waals surface area contributed by atoms with Gasteiger partial charge in [-0.3, -0.25) is 9.59 Å². The Morgan fingerprint density at radius 3 is 2.80 bits per heavy atom. The molecule has 1 saturated heterocycles. The van der Waals surface area contributed by atoms with Crippen molar-refractivity contribution < 1.29 is 22.7 Å². The van der Waals surface area contributed by atoms with Crippen molar-refractivity contribution >= 4 is 16.8 Å². The van der Waals surface area contributed by atoms with Gasteiger partial charge in [0.1, 0.15) is 6.10 Å². The molecular weight excluding hydrogens is 399 g/mol. The molecule has 0 spiro atoms. The number of nitrogens with one attached hydrogen (secondary N) is 1. The molecule has 30 heavy (non-hydrogen) atoms. The third-order valence-corrected chi connectivity index (χ3v) is 5.17. The fourth-order valence-corrected chi connectivity index (χ4v) is 3.52. The molecule has 1 N–H and O–H groups in total. The summed E-state index contributed by atoms with van der Waals surface area (Å²) in [5.41, 5.74) is 0.0348. The van der Waals surface area contributed by atoms with E-state index < -0.39 is 17.8 Å². The van der Waals surface area contributed by atoms with E-state index in [1.807, 2.05) is 6.92 Å². The van der Waals surface area contributed by atoms with Crippen molar-refractivity contribution in [3.63, 3.8) is 0 Å². The highest BCUT2D eigenvalue weighted by atomic mass is 19.4. The Kier molecular flexibility index (Phi) is 5.07. The number of fused-ring (bicyclic) bond motifs is 1. The van der Waals surface area contributed by atoms with Crippen LogP contribution in [0.1, 0.15) is 34.5 Å². The predicted octanol–water partition coefficient (Wildman–Crippen LogP) is 3.54. The number of H-pyrrole nitrogens is 1. The second-order valence-electron chi connectivity index (χ2n) is 7.22. The quantitative estimate of drug-likeness (QED) is 0.692. The first-order valence-corrected chi connectivity index (χ1v) is 9.31. The van der Waals surface area contributed by atoms with Crippen molar-refractivity contribution in [3.05, 3.63) is 75.8 Å². The number of carbonyl (C=O) groups excluding carboxylic acids is 1. The van der Waals surface area contributed by atoms with E-state index in [2.05, 4.69) is 9.97 Å². The second kappa shape index (κ2) is 7.56. The van der Waals surface area contributed by atoms with Gasteiger partial charge in [0, 0.05) is 5.56 Å². The maximum Gasteiger partial charge on any atom is 0.416 e. The Bertz CT molecular complexity index is 1160. The van der Waals surface area contributed by atoms with Gasteiger partial charge < -0.3 is 14.6 Å². The molecule has 1 aliphatic rings. The maximum atomic E-state index is 13.1. The number of hydrogen-bond acceptors (Lipinski definition) is 4. The lowest BCUT2D eigenvalue weighted by Crippen LogP contribution is -2.48. The number of nitrogens with zero attached hydrogens (tertiary/aromatic N) is 2. The Hall–Kier alpha value is -3.20. The van der Waals surface area contributed by atoms with Gasteiger partial charge in [0.15, 0.2) is 0 Å². The van der Waals surface area contributed by atoms with Gasteiger partial charge in [0.05, 0.1) is 42.0 Å². The number of benzene rings is 2. The molecular formula is C21H18F3N3O3. The zero-order valence-electron chi connectivity index (χ0n) is 15.9. The lowest BCUT2D eigenvalue weighted by Gasteiger charge is -2.38. The van der Waals surface area contributed by atoms with Crippen LogP contribution in [0.15, 0.2) is 53.6 Å². The van der Waals surface area contributed by atoms with Crippen molar-refractivity contribution in [3.8, 4) is 0 Å². The van der Waals surface area contributed by atoms with Crippen molar-refractivity contribution in [2.45, 2.75) is 25.2 Å². The number of aromatic nitrogens is 2. The number of alkyl halides is 3. The van der Waals surface area contributed by atoms with Gasteiger partial charge in [-0.05, 0) is 42.8 Å². The minimum absolute atomic E-state index is 0.113. The topological polar surface area (TPSA) is 75.3 Å². The Balaban J connectivity index is 1.61. The molecule has 9 heteroatoms. The summed E-state index contributed by atoms with van der Waals surface area (Å²) in [6.45, 7) is 2.12. The van der Waals surface area contributed by atoms with E-state index in [4.69, 9.17) is 4.74 Å². The minimum Gasteiger partial charge on any atom is -0.370 e. The minimum atomic E-state index is -4.45. The lowest BCUT2D eigenvalue weighted by molar-refractivity contribution is -0.137. The molecule has 3 aromatic rings. The summed E-state index contributed by atoms with van der Waals surface area (Å²) in [7, 11) is 0. The molecule has 1 fully saturated rings. The summed E-state index contributed by atoms with van der Waals surface area (Å²) in [5.74, 6) is -0.299. The van der Waals surface area contributed by atoms with Crippen LogP contribution >= 0.6 is 0 Å². The number of halogens is 3. The van der Waals surface area contributed by atoms with Gasteiger partial charge in [-0.2, -0.15) is 13.2 Å². The molecule has 4 rings (SSSR count). The van der Waals surface area contributed by atoms with E-state index in [9.17, 15) is 22.8 Å². The number of aromatic amines is 1. The molecule has 0 aliphatic carbocycles. The van der Waals surface area contributed by atoms with Gasteiger partial charge in [0.25, 0.3) is 11.5 Å². The molecule has 0 bridgehead atoms. The monoisotopic (exact) mass is 417 g/mol. The van der Waals surface area contributed by atoms with E-state index in [0.29, 0.717) is 22.0 Å². The van der Waals surface area contributed by atoms with E-state index in [1.54, 1.807) is 17.0 Å². The SMILES string of the molecule is CC1COC(c2cccc(C(F)(F)F)c2)CN1C(=O)c1ccc2c(=O)[nH]cnc2c1. The third-order valence-electron chi connectivity index (χ3n) is 5.17. The van der Waals surface area contributed by atoms with Crippen LogP contribution in [0, 0.1) is 0 Å². The average Bonchev–Trinajstić information content (AvgIpc) is 2.73. The number of rotatable bonds is 2. The number of hydrogen-bond donors (Lipinski definition) is 1. The fourth-order valence-electron chi connectivity index (χ4n) is 3.52. The largest absolute Gasteiger partial charge is 0.416 e. The smallest absolute Gasteiger partial charge is 0.370 e. The molecule has 0 saturated carbocycles. The fraction of sp³-hybridized carbons (Fsp3) is 0.286. The first-order chi connectivity index (χ1) is 14.2. The van der Waals surface area contributed by atoms with Crippen LogP contribution in [0.25, 0.3) is 10.9 Å². The molecule has 1 aliphatic heterocycles. The normalized spacial score (nSPS) is 19.8. The molecule has 1 amide bonds. The highest BCUT2D eigenvalue weighted by Gasteiger charge is 2.34.